The highest BCUT2D eigenvalue weighted by Gasteiger charge is 2.37. The molecule has 7 nitrogen and oxygen atoms in total. The van der Waals surface area contributed by atoms with Gasteiger partial charge in [-0.3, -0.25) is 14.5 Å². The zero-order valence-electron chi connectivity index (χ0n) is 15.5. The summed E-state index contributed by atoms with van der Waals surface area (Å²) >= 11 is 0. The highest BCUT2D eigenvalue weighted by Crippen LogP contribution is 2.24. The monoisotopic (exact) mass is 340 g/mol. The number of likely N-dealkylation sites (tertiary alicyclic amines) is 1. The molecule has 2 saturated heterocycles. The standard InChI is InChI=1S/C17H32N4O3/c1-14(22)21-7-5-17(24,6-8-21)13-20-10-9-19(4)11-15(12-20)16(23)18(2)3/h15,24H,5-13H2,1-4H3/t15-/m0/s1. The molecule has 0 aromatic rings. The molecule has 0 radical (unpaired) electrons. The molecular formula is C17H32N4O3. The highest BCUT2D eigenvalue weighted by molar-refractivity contribution is 5.78. The first-order valence-corrected chi connectivity index (χ1v) is 8.80. The van der Waals surface area contributed by atoms with E-state index in [1.54, 1.807) is 30.8 Å². The maximum absolute atomic E-state index is 12.4. The van der Waals surface area contributed by atoms with Crippen LogP contribution in [-0.4, -0.2) is 109 Å². The van der Waals surface area contributed by atoms with E-state index < -0.39 is 5.60 Å². The molecule has 0 aromatic carbocycles. The molecule has 2 fully saturated rings. The number of carbonyl (C=O) groups is 2. The SMILES string of the molecule is CC(=O)N1CCC(O)(CN2CCN(C)C[C@H](C(=O)N(C)C)C2)CC1. The smallest absolute Gasteiger partial charge is 0.227 e. The molecule has 2 amide bonds. The number of hydrogen-bond donors (Lipinski definition) is 1. The summed E-state index contributed by atoms with van der Waals surface area (Å²) in [5, 5.41) is 10.9. The number of amides is 2. The largest absolute Gasteiger partial charge is 0.388 e. The summed E-state index contributed by atoms with van der Waals surface area (Å²) in [5.74, 6) is 0.158. The van der Waals surface area contributed by atoms with E-state index >= 15 is 0 Å². The predicted molar refractivity (Wildman–Crippen MR) is 92.6 cm³/mol. The third-order valence-electron chi connectivity index (χ3n) is 5.26. The Morgan fingerprint density at radius 1 is 1.12 bits per heavy atom. The number of aliphatic hydroxyl groups is 1. The molecule has 2 heterocycles. The fraction of sp³-hybridized carbons (Fsp3) is 0.882. The van der Waals surface area contributed by atoms with E-state index in [0.717, 1.165) is 19.6 Å². The Morgan fingerprint density at radius 2 is 1.75 bits per heavy atom. The van der Waals surface area contributed by atoms with Crippen molar-refractivity contribution >= 4 is 11.8 Å². The highest BCUT2D eigenvalue weighted by atomic mass is 16.3. The van der Waals surface area contributed by atoms with Gasteiger partial charge in [-0.2, -0.15) is 0 Å². The molecule has 7 heteroatoms. The quantitative estimate of drug-likeness (QED) is 0.737. The maximum atomic E-state index is 12.4. The van der Waals surface area contributed by atoms with Crippen LogP contribution < -0.4 is 0 Å². The summed E-state index contributed by atoms with van der Waals surface area (Å²) in [4.78, 5) is 31.7. The number of β-amino-alcohol motifs (C(OH)–C–C–N with tert-alkyl or cyclic N) is 1. The molecule has 0 unspecified atom stereocenters. The van der Waals surface area contributed by atoms with Gasteiger partial charge in [-0.05, 0) is 19.9 Å². The predicted octanol–water partition coefficient (Wildman–Crippen LogP) is -0.688. The summed E-state index contributed by atoms with van der Waals surface area (Å²) in [7, 11) is 5.63. The Balaban J connectivity index is 1.97. The van der Waals surface area contributed by atoms with Gasteiger partial charge in [0.1, 0.15) is 0 Å². The lowest BCUT2D eigenvalue weighted by Gasteiger charge is -2.41. The van der Waals surface area contributed by atoms with Gasteiger partial charge in [-0.15, -0.1) is 0 Å². The molecule has 1 atom stereocenters. The van der Waals surface area contributed by atoms with E-state index in [9.17, 15) is 14.7 Å². The van der Waals surface area contributed by atoms with E-state index in [4.69, 9.17) is 0 Å². The Kier molecular flexibility index (Phi) is 6.22. The van der Waals surface area contributed by atoms with Crippen molar-refractivity contribution in [1.82, 2.24) is 19.6 Å². The zero-order chi connectivity index (χ0) is 17.9. The fourth-order valence-corrected chi connectivity index (χ4v) is 3.72. The lowest BCUT2D eigenvalue weighted by atomic mass is 9.90. The Morgan fingerprint density at radius 3 is 2.29 bits per heavy atom. The van der Waals surface area contributed by atoms with Gasteiger partial charge in [0.05, 0.1) is 11.5 Å². The van der Waals surface area contributed by atoms with Crippen LogP contribution in [0.4, 0.5) is 0 Å². The average molecular weight is 340 g/mol. The van der Waals surface area contributed by atoms with Crippen molar-refractivity contribution in [2.24, 2.45) is 5.92 Å². The summed E-state index contributed by atoms with van der Waals surface area (Å²) < 4.78 is 0. The van der Waals surface area contributed by atoms with E-state index in [1.165, 1.54) is 0 Å². The van der Waals surface area contributed by atoms with Crippen LogP contribution in [0.3, 0.4) is 0 Å². The molecule has 0 aliphatic carbocycles. The third kappa shape index (κ3) is 4.91. The summed E-state index contributed by atoms with van der Waals surface area (Å²) in [6.07, 6.45) is 1.20. The number of rotatable bonds is 3. The molecule has 2 rings (SSSR count). The van der Waals surface area contributed by atoms with Gasteiger partial charge < -0.3 is 19.8 Å². The number of hydrogen-bond acceptors (Lipinski definition) is 5. The molecule has 1 N–H and O–H groups in total. The van der Waals surface area contributed by atoms with Gasteiger partial charge in [0.15, 0.2) is 0 Å². The Labute approximate surface area is 145 Å². The van der Waals surface area contributed by atoms with Crippen LogP contribution in [0.2, 0.25) is 0 Å². The summed E-state index contributed by atoms with van der Waals surface area (Å²) in [6, 6.07) is 0. The lowest BCUT2D eigenvalue weighted by molar-refractivity contribution is -0.136. The molecule has 0 bridgehead atoms. The molecule has 2 aliphatic rings. The van der Waals surface area contributed by atoms with Crippen molar-refractivity contribution in [3.8, 4) is 0 Å². The van der Waals surface area contributed by atoms with Gasteiger partial charge in [-0.25, -0.2) is 0 Å². The molecule has 24 heavy (non-hydrogen) atoms. The lowest BCUT2D eigenvalue weighted by Crippen LogP contribution is -2.53. The second-order valence-electron chi connectivity index (χ2n) is 7.66. The number of piperidine rings is 1. The second-order valence-corrected chi connectivity index (χ2v) is 7.66. The van der Waals surface area contributed by atoms with E-state index in [0.29, 0.717) is 39.0 Å². The Hall–Kier alpha value is -1.18. The van der Waals surface area contributed by atoms with Crippen LogP contribution in [0.25, 0.3) is 0 Å². The van der Waals surface area contributed by atoms with Gasteiger partial charge in [0.25, 0.3) is 0 Å². The van der Waals surface area contributed by atoms with Crippen molar-refractivity contribution in [3.63, 3.8) is 0 Å². The summed E-state index contributed by atoms with van der Waals surface area (Å²) in [6.45, 7) is 6.55. The molecule has 0 aromatic heterocycles. The van der Waals surface area contributed by atoms with Crippen LogP contribution in [0.1, 0.15) is 19.8 Å². The zero-order valence-corrected chi connectivity index (χ0v) is 15.5. The average Bonchev–Trinajstić information content (AvgIpc) is 2.68. The van der Waals surface area contributed by atoms with Crippen LogP contribution in [0, 0.1) is 5.92 Å². The van der Waals surface area contributed by atoms with E-state index in [-0.39, 0.29) is 17.7 Å². The maximum Gasteiger partial charge on any atom is 0.227 e. The van der Waals surface area contributed by atoms with E-state index in [2.05, 4.69) is 9.80 Å². The van der Waals surface area contributed by atoms with Gasteiger partial charge in [-0.1, -0.05) is 0 Å². The molecule has 0 saturated carbocycles. The van der Waals surface area contributed by atoms with Gasteiger partial charge >= 0.3 is 0 Å². The minimum Gasteiger partial charge on any atom is -0.388 e. The fourth-order valence-electron chi connectivity index (χ4n) is 3.72. The van der Waals surface area contributed by atoms with Crippen LogP contribution >= 0.6 is 0 Å². The van der Waals surface area contributed by atoms with Crippen molar-refractivity contribution in [1.29, 1.82) is 0 Å². The topological polar surface area (TPSA) is 67.3 Å². The first-order valence-electron chi connectivity index (χ1n) is 8.80. The van der Waals surface area contributed by atoms with Crippen molar-refractivity contribution in [3.05, 3.63) is 0 Å². The van der Waals surface area contributed by atoms with E-state index in [1.807, 2.05) is 7.05 Å². The number of nitrogens with zero attached hydrogens (tertiary/aromatic N) is 4. The molecule has 138 valence electrons. The molecular weight excluding hydrogens is 308 g/mol. The normalized spacial score (nSPS) is 26.0. The van der Waals surface area contributed by atoms with Crippen molar-refractivity contribution in [2.75, 3.05) is 67.0 Å². The minimum absolute atomic E-state index is 0.0617. The van der Waals surface area contributed by atoms with Gasteiger partial charge in [0, 0.05) is 66.8 Å². The van der Waals surface area contributed by atoms with Crippen LogP contribution in [-0.2, 0) is 9.59 Å². The number of likely N-dealkylation sites (N-methyl/N-ethyl adjacent to an activating group) is 1. The first-order chi connectivity index (χ1) is 11.2. The molecule has 2 aliphatic heterocycles. The van der Waals surface area contributed by atoms with Crippen molar-refractivity contribution in [2.45, 2.75) is 25.4 Å². The van der Waals surface area contributed by atoms with Crippen LogP contribution in [0.5, 0.6) is 0 Å². The van der Waals surface area contributed by atoms with Crippen LogP contribution in [0.15, 0.2) is 0 Å². The second kappa shape index (κ2) is 7.80. The number of carbonyl (C=O) groups excluding carboxylic acids is 2. The minimum atomic E-state index is -0.763. The Bertz CT molecular complexity index is 461. The first kappa shape index (κ1) is 19.1. The van der Waals surface area contributed by atoms with Crippen molar-refractivity contribution < 1.29 is 14.7 Å². The van der Waals surface area contributed by atoms with Gasteiger partial charge in [0.2, 0.25) is 11.8 Å². The third-order valence-corrected chi connectivity index (χ3v) is 5.26. The summed E-state index contributed by atoms with van der Waals surface area (Å²) in [5.41, 5.74) is -0.763. The molecule has 0 spiro atoms.